The quantitative estimate of drug-likeness (QED) is 0.569. The maximum absolute atomic E-state index is 5.97. The lowest BCUT2D eigenvalue weighted by atomic mass is 10.2. The Bertz CT molecular complexity index is 952. The fourth-order valence-electron chi connectivity index (χ4n) is 2.12. The first-order valence-electron chi connectivity index (χ1n) is 6.21. The third-order valence-electron chi connectivity index (χ3n) is 3.03. The van der Waals surface area contributed by atoms with Crippen molar-refractivity contribution in [1.29, 1.82) is 0 Å². The molecule has 2 heterocycles. The molecule has 0 saturated heterocycles. The second-order valence-corrected chi connectivity index (χ2v) is 4.82. The standard InChI is InChI=1S/C14H8ClN5O/c15-9-4-3-5-10(8-9)21-13-11-6-1-2-7-12(11)20-14(16-13)17-18-19-20/h1-8H. The largest absolute Gasteiger partial charge is 0.438 e. The van der Waals surface area contributed by atoms with E-state index in [0.29, 0.717) is 22.4 Å². The number of tetrazole rings is 1. The average molecular weight is 298 g/mol. The summed E-state index contributed by atoms with van der Waals surface area (Å²) in [5.74, 6) is 1.43. The molecular weight excluding hydrogens is 290 g/mol. The predicted octanol–water partition coefficient (Wildman–Crippen LogP) is 3.12. The topological polar surface area (TPSA) is 65.2 Å². The lowest BCUT2D eigenvalue weighted by Gasteiger charge is -2.08. The summed E-state index contributed by atoms with van der Waals surface area (Å²) in [5.41, 5.74) is 0.824. The van der Waals surface area contributed by atoms with E-state index in [1.165, 1.54) is 0 Å². The Balaban J connectivity index is 1.93. The highest BCUT2D eigenvalue weighted by Crippen LogP contribution is 2.29. The molecule has 7 heteroatoms. The zero-order valence-electron chi connectivity index (χ0n) is 10.6. The van der Waals surface area contributed by atoms with Gasteiger partial charge in [-0.25, -0.2) is 0 Å². The van der Waals surface area contributed by atoms with Gasteiger partial charge in [-0.05, 0) is 40.8 Å². The van der Waals surface area contributed by atoms with Gasteiger partial charge in [-0.15, -0.1) is 0 Å². The number of ether oxygens (including phenoxy) is 1. The number of nitrogens with zero attached hydrogens (tertiary/aromatic N) is 5. The van der Waals surface area contributed by atoms with Crippen molar-refractivity contribution in [2.24, 2.45) is 0 Å². The van der Waals surface area contributed by atoms with E-state index in [4.69, 9.17) is 16.3 Å². The first-order chi connectivity index (χ1) is 10.3. The van der Waals surface area contributed by atoms with Crippen LogP contribution >= 0.6 is 11.6 Å². The average Bonchev–Trinajstić information content (AvgIpc) is 2.96. The lowest BCUT2D eigenvalue weighted by Crippen LogP contribution is -1.97. The minimum atomic E-state index is 0.380. The molecule has 6 nitrogen and oxygen atoms in total. The second-order valence-electron chi connectivity index (χ2n) is 4.38. The Kier molecular flexibility index (Phi) is 2.68. The first kappa shape index (κ1) is 12.0. The van der Waals surface area contributed by atoms with Gasteiger partial charge in [0.05, 0.1) is 10.9 Å². The fourth-order valence-corrected chi connectivity index (χ4v) is 2.30. The van der Waals surface area contributed by atoms with Gasteiger partial charge in [-0.3, -0.25) is 0 Å². The Hall–Kier alpha value is -2.73. The van der Waals surface area contributed by atoms with Crippen molar-refractivity contribution in [3.05, 3.63) is 53.6 Å². The molecule has 0 N–H and O–H groups in total. The number of rotatable bonds is 2. The Morgan fingerprint density at radius 2 is 1.95 bits per heavy atom. The summed E-state index contributed by atoms with van der Waals surface area (Å²) in [7, 11) is 0. The van der Waals surface area contributed by atoms with Gasteiger partial charge in [0.1, 0.15) is 5.75 Å². The minimum absolute atomic E-state index is 0.380. The van der Waals surface area contributed by atoms with Crippen molar-refractivity contribution >= 4 is 28.3 Å². The summed E-state index contributed by atoms with van der Waals surface area (Å²) >= 11 is 5.97. The van der Waals surface area contributed by atoms with Crippen LogP contribution in [0.4, 0.5) is 0 Å². The van der Waals surface area contributed by atoms with Crippen molar-refractivity contribution < 1.29 is 4.74 Å². The highest BCUT2D eigenvalue weighted by atomic mass is 35.5. The Morgan fingerprint density at radius 1 is 1.05 bits per heavy atom. The van der Waals surface area contributed by atoms with Crippen LogP contribution in [0.5, 0.6) is 11.6 Å². The van der Waals surface area contributed by atoms with Gasteiger partial charge >= 0.3 is 0 Å². The highest BCUT2D eigenvalue weighted by molar-refractivity contribution is 6.30. The zero-order valence-corrected chi connectivity index (χ0v) is 11.4. The number of fused-ring (bicyclic) bond motifs is 3. The number of aromatic nitrogens is 5. The van der Waals surface area contributed by atoms with Crippen LogP contribution in [0.15, 0.2) is 48.5 Å². The van der Waals surface area contributed by atoms with Crippen molar-refractivity contribution in [1.82, 2.24) is 25.0 Å². The van der Waals surface area contributed by atoms with E-state index in [0.717, 1.165) is 10.9 Å². The van der Waals surface area contributed by atoms with Gasteiger partial charge in [0.25, 0.3) is 5.78 Å². The zero-order chi connectivity index (χ0) is 14.2. The van der Waals surface area contributed by atoms with Gasteiger partial charge < -0.3 is 4.74 Å². The molecule has 0 unspecified atom stereocenters. The van der Waals surface area contributed by atoms with E-state index in [9.17, 15) is 0 Å². The normalized spacial score (nSPS) is 11.1. The van der Waals surface area contributed by atoms with Crippen molar-refractivity contribution in [3.8, 4) is 11.6 Å². The molecule has 0 aliphatic rings. The van der Waals surface area contributed by atoms with E-state index < -0.39 is 0 Å². The van der Waals surface area contributed by atoms with Crippen LogP contribution in [-0.4, -0.2) is 25.0 Å². The molecule has 2 aromatic carbocycles. The summed E-state index contributed by atoms with van der Waals surface area (Å²) in [6.45, 7) is 0. The third-order valence-corrected chi connectivity index (χ3v) is 3.26. The van der Waals surface area contributed by atoms with Crippen LogP contribution in [0.1, 0.15) is 0 Å². The summed E-state index contributed by atoms with van der Waals surface area (Å²) < 4.78 is 7.42. The molecule has 0 aliphatic carbocycles. The molecule has 0 radical (unpaired) electrons. The Morgan fingerprint density at radius 3 is 2.86 bits per heavy atom. The Labute approximate surface area is 123 Å². The van der Waals surface area contributed by atoms with Crippen molar-refractivity contribution in [2.45, 2.75) is 0 Å². The van der Waals surface area contributed by atoms with Gasteiger partial charge in [0.2, 0.25) is 5.88 Å². The van der Waals surface area contributed by atoms with Crippen LogP contribution in [-0.2, 0) is 0 Å². The van der Waals surface area contributed by atoms with Gasteiger partial charge in [0, 0.05) is 5.02 Å². The number of hydrogen-bond acceptors (Lipinski definition) is 5. The lowest BCUT2D eigenvalue weighted by molar-refractivity contribution is 0.469. The molecule has 102 valence electrons. The summed E-state index contributed by atoms with van der Waals surface area (Å²) in [6, 6.07) is 14.8. The number of para-hydroxylation sites is 1. The summed E-state index contributed by atoms with van der Waals surface area (Å²) in [4.78, 5) is 4.35. The first-order valence-corrected chi connectivity index (χ1v) is 6.59. The molecule has 2 aromatic heterocycles. The smallest absolute Gasteiger partial charge is 0.277 e. The SMILES string of the molecule is Clc1cccc(Oc2nc3nnnn3c3ccccc23)c1. The van der Waals surface area contributed by atoms with E-state index in [1.54, 1.807) is 16.6 Å². The van der Waals surface area contributed by atoms with E-state index in [-0.39, 0.29) is 0 Å². The minimum Gasteiger partial charge on any atom is -0.438 e. The second kappa shape index (κ2) is 4.68. The molecule has 0 saturated carbocycles. The van der Waals surface area contributed by atoms with Gasteiger partial charge in [-0.2, -0.15) is 9.50 Å². The molecule has 0 aliphatic heterocycles. The molecule has 0 fully saturated rings. The van der Waals surface area contributed by atoms with E-state index >= 15 is 0 Å². The highest BCUT2D eigenvalue weighted by Gasteiger charge is 2.12. The molecular formula is C14H8ClN5O. The number of benzene rings is 2. The molecule has 0 spiro atoms. The van der Waals surface area contributed by atoms with Crippen LogP contribution in [0, 0.1) is 0 Å². The maximum Gasteiger partial charge on any atom is 0.277 e. The van der Waals surface area contributed by atoms with Crippen LogP contribution in [0.25, 0.3) is 16.7 Å². The third kappa shape index (κ3) is 2.05. The molecule has 4 rings (SSSR count). The molecule has 4 aromatic rings. The monoisotopic (exact) mass is 297 g/mol. The van der Waals surface area contributed by atoms with Crippen molar-refractivity contribution in [3.63, 3.8) is 0 Å². The fraction of sp³-hybridized carbons (Fsp3) is 0. The number of hydrogen-bond donors (Lipinski definition) is 0. The van der Waals surface area contributed by atoms with Gasteiger partial charge in [0.15, 0.2) is 0 Å². The molecule has 21 heavy (non-hydrogen) atoms. The number of halogens is 1. The predicted molar refractivity (Wildman–Crippen MR) is 77.6 cm³/mol. The van der Waals surface area contributed by atoms with Crippen LogP contribution in [0.2, 0.25) is 5.02 Å². The van der Waals surface area contributed by atoms with E-state index in [2.05, 4.69) is 20.5 Å². The van der Waals surface area contributed by atoms with Gasteiger partial charge in [-0.1, -0.05) is 34.9 Å². The van der Waals surface area contributed by atoms with Crippen molar-refractivity contribution in [2.75, 3.05) is 0 Å². The van der Waals surface area contributed by atoms with Crippen LogP contribution < -0.4 is 4.74 Å². The van der Waals surface area contributed by atoms with E-state index in [1.807, 2.05) is 36.4 Å². The summed E-state index contributed by atoms with van der Waals surface area (Å²) in [6.07, 6.45) is 0. The maximum atomic E-state index is 5.97. The summed E-state index contributed by atoms with van der Waals surface area (Å²) in [5, 5.41) is 12.9. The molecule has 0 amide bonds. The molecule has 0 atom stereocenters. The van der Waals surface area contributed by atoms with Crippen LogP contribution in [0.3, 0.4) is 0 Å². The molecule has 0 bridgehead atoms.